The van der Waals surface area contributed by atoms with Crippen LogP contribution in [0.2, 0.25) is 0 Å². The lowest BCUT2D eigenvalue weighted by Gasteiger charge is -2.47. The summed E-state index contributed by atoms with van der Waals surface area (Å²) in [4.78, 5) is 54.0. The number of hydrogen-bond donors (Lipinski definition) is 15. The summed E-state index contributed by atoms with van der Waals surface area (Å²) >= 11 is 0. The third kappa shape index (κ3) is 11.5. The van der Waals surface area contributed by atoms with Crippen molar-refractivity contribution < 1.29 is 108 Å². The van der Waals surface area contributed by atoms with E-state index >= 15 is 0 Å². The molecule has 24 nitrogen and oxygen atoms in total. The van der Waals surface area contributed by atoms with Gasteiger partial charge in [-0.3, -0.25) is 14.1 Å². The fourth-order valence-electron chi connectivity index (χ4n) is 5.21. The van der Waals surface area contributed by atoms with Crippen molar-refractivity contribution in [3.05, 3.63) is 0 Å². The quantitative estimate of drug-likeness (QED) is 0.0577. The van der Waals surface area contributed by atoms with E-state index in [1.54, 1.807) is 0 Å². The second-order valence-electron chi connectivity index (χ2n) is 11.6. The van der Waals surface area contributed by atoms with Crippen molar-refractivity contribution in [1.82, 2.24) is 10.6 Å². The van der Waals surface area contributed by atoms with Gasteiger partial charge in [0.15, 0.2) is 6.29 Å². The molecule has 2 fully saturated rings. The first-order valence-electron chi connectivity index (χ1n) is 14.9. The molecule has 15 atom stereocenters. The summed E-state index contributed by atoms with van der Waals surface area (Å²) < 4.78 is 37.2. The summed E-state index contributed by atoms with van der Waals surface area (Å²) in [6, 6.07) is -3.29. The fraction of sp³-hybridized carbons (Fsp3) is 0.880. The number of ether oxygens (including phenoxy) is 4. The summed E-state index contributed by atoms with van der Waals surface area (Å²) in [6.07, 6.45) is -25.7. The van der Waals surface area contributed by atoms with Gasteiger partial charge >= 0.3 is 13.8 Å². The molecule has 0 spiro atoms. The van der Waals surface area contributed by atoms with Gasteiger partial charge in [-0.15, -0.1) is 0 Å². The first kappa shape index (κ1) is 44.1. The highest BCUT2D eigenvalue weighted by atomic mass is 31.2. The smallest absolute Gasteiger partial charge is 0.469 e. The van der Waals surface area contributed by atoms with Crippen molar-refractivity contribution in [2.24, 2.45) is 0 Å². The third-order valence-corrected chi connectivity index (χ3v) is 8.24. The Morgan fingerprint density at radius 2 is 1.54 bits per heavy atom. The molecule has 0 radical (unpaired) electrons. The van der Waals surface area contributed by atoms with E-state index in [1.807, 2.05) is 0 Å². The summed E-state index contributed by atoms with van der Waals surface area (Å²) in [5.74, 6) is -6.49. The lowest BCUT2D eigenvalue weighted by atomic mass is 9.88. The number of amides is 2. The molecule has 292 valence electrons. The minimum absolute atomic E-state index is 0.762. The molecule has 50 heavy (non-hydrogen) atoms. The van der Waals surface area contributed by atoms with E-state index in [9.17, 15) is 75.1 Å². The van der Waals surface area contributed by atoms with Crippen molar-refractivity contribution >= 4 is 25.6 Å². The second kappa shape index (κ2) is 18.6. The van der Waals surface area contributed by atoms with Gasteiger partial charge in [0.25, 0.3) is 5.79 Å². The minimum Gasteiger partial charge on any atom is -0.477 e. The number of carbonyl (C=O) groups is 3. The van der Waals surface area contributed by atoms with Gasteiger partial charge in [0.1, 0.15) is 61.0 Å². The molecule has 0 unspecified atom stereocenters. The Hall–Kier alpha value is -2.04. The average molecular weight is 757 g/mol. The lowest BCUT2D eigenvalue weighted by Crippen LogP contribution is -2.68. The molecule has 2 saturated heterocycles. The molecule has 2 aliphatic rings. The van der Waals surface area contributed by atoms with Crippen LogP contribution in [-0.2, 0) is 42.4 Å². The number of aliphatic carboxylic acids is 1. The summed E-state index contributed by atoms with van der Waals surface area (Å²) in [7, 11) is -5.17. The van der Waals surface area contributed by atoms with E-state index < -0.39 is 150 Å². The van der Waals surface area contributed by atoms with Crippen LogP contribution < -0.4 is 10.6 Å². The van der Waals surface area contributed by atoms with Crippen LogP contribution >= 0.6 is 7.82 Å². The van der Waals surface area contributed by atoms with Crippen LogP contribution in [0.15, 0.2) is 0 Å². The van der Waals surface area contributed by atoms with Gasteiger partial charge in [0.2, 0.25) is 11.8 Å². The Bertz CT molecular complexity index is 1180. The van der Waals surface area contributed by atoms with Crippen molar-refractivity contribution in [2.45, 2.75) is 112 Å². The molecule has 0 aromatic rings. The van der Waals surface area contributed by atoms with Crippen LogP contribution in [0, 0.1) is 0 Å². The van der Waals surface area contributed by atoms with Crippen LogP contribution in [0.25, 0.3) is 0 Å². The number of phosphoric ester groups is 1. The number of rotatable bonds is 18. The van der Waals surface area contributed by atoms with Gasteiger partial charge in [0.05, 0.1) is 44.6 Å². The van der Waals surface area contributed by atoms with E-state index in [0.717, 1.165) is 13.8 Å². The van der Waals surface area contributed by atoms with Gasteiger partial charge < -0.3 is 95.5 Å². The monoisotopic (exact) mass is 756 g/mol. The average Bonchev–Trinajstić information content (AvgIpc) is 3.03. The van der Waals surface area contributed by atoms with Crippen LogP contribution in [0.5, 0.6) is 0 Å². The first-order valence-corrected chi connectivity index (χ1v) is 16.4. The predicted molar refractivity (Wildman–Crippen MR) is 155 cm³/mol. The number of aliphatic hydroxyl groups is 10. The zero-order valence-corrected chi connectivity index (χ0v) is 27.4. The van der Waals surface area contributed by atoms with E-state index in [1.165, 1.54) is 0 Å². The second-order valence-corrected chi connectivity index (χ2v) is 12.9. The molecule has 0 saturated carbocycles. The normalized spacial score (nSPS) is 34.1. The molecule has 2 rings (SSSR count). The first-order chi connectivity index (χ1) is 23.1. The lowest BCUT2D eigenvalue weighted by molar-refractivity contribution is -0.348. The summed E-state index contributed by atoms with van der Waals surface area (Å²) in [5.41, 5.74) is 0. The van der Waals surface area contributed by atoms with Crippen LogP contribution in [0.1, 0.15) is 20.3 Å². The van der Waals surface area contributed by atoms with Gasteiger partial charge in [0, 0.05) is 20.3 Å². The van der Waals surface area contributed by atoms with Crippen LogP contribution in [-0.4, -0.2) is 201 Å². The molecule has 2 aliphatic heterocycles. The third-order valence-electron chi connectivity index (χ3n) is 7.75. The van der Waals surface area contributed by atoms with E-state index in [2.05, 4.69) is 15.2 Å². The maximum atomic E-state index is 12.4. The molecule has 15 N–H and O–H groups in total. The SMILES string of the molecule is CC(=O)N[C@H]1[C@H]([C@H](O)[C@H](O)CO)O[C@@](OC[C@H]2O[C@@H](O[C@@H]([C@H](O)[C@H](COP(=O)(O)O)NC(C)=O)[C@H](O)CO)[C@H](O)[C@@H](O)[C@H]2O)(C(=O)O)C[C@@H]1O. The zero-order valence-electron chi connectivity index (χ0n) is 26.6. The topological polar surface area (TPSA) is 401 Å². The Balaban J connectivity index is 2.37. The summed E-state index contributed by atoms with van der Waals surface area (Å²) in [5, 5.41) is 118. The van der Waals surface area contributed by atoms with Gasteiger partial charge in [-0.25, -0.2) is 9.36 Å². The molecule has 25 heteroatoms. The maximum absolute atomic E-state index is 12.4. The Labute approximate surface area is 283 Å². The van der Waals surface area contributed by atoms with Crippen molar-refractivity contribution in [3.8, 4) is 0 Å². The highest BCUT2D eigenvalue weighted by Crippen LogP contribution is 2.37. The molecule has 0 bridgehead atoms. The molecule has 0 aliphatic carbocycles. The Morgan fingerprint density at radius 1 is 0.940 bits per heavy atom. The van der Waals surface area contributed by atoms with Gasteiger partial charge in [-0.1, -0.05) is 0 Å². The van der Waals surface area contributed by atoms with E-state index in [-0.39, 0.29) is 0 Å². The number of nitrogens with one attached hydrogen (secondary N) is 2. The van der Waals surface area contributed by atoms with E-state index in [4.69, 9.17) is 28.7 Å². The maximum Gasteiger partial charge on any atom is 0.469 e. The van der Waals surface area contributed by atoms with Gasteiger partial charge in [-0.2, -0.15) is 0 Å². The van der Waals surface area contributed by atoms with Crippen LogP contribution in [0.4, 0.5) is 0 Å². The predicted octanol–water partition coefficient (Wildman–Crippen LogP) is -8.33. The minimum atomic E-state index is -5.17. The number of aliphatic hydroxyl groups excluding tert-OH is 10. The van der Waals surface area contributed by atoms with Crippen LogP contribution in [0.3, 0.4) is 0 Å². The number of carbonyl (C=O) groups excluding carboxylic acids is 2. The number of carboxylic acid groups (broad SMARTS) is 1. The number of phosphoric acid groups is 1. The molecular weight excluding hydrogens is 711 g/mol. The number of hydrogen-bond acceptors (Lipinski definition) is 19. The molecular formula is C25H45N2O22P. The molecule has 0 aromatic carbocycles. The Kier molecular flexibility index (Phi) is 16.4. The molecule has 0 aromatic heterocycles. The van der Waals surface area contributed by atoms with E-state index in [0.29, 0.717) is 0 Å². The van der Waals surface area contributed by atoms with Crippen molar-refractivity contribution in [3.63, 3.8) is 0 Å². The van der Waals surface area contributed by atoms with Crippen molar-refractivity contribution in [1.29, 1.82) is 0 Å². The molecule has 2 amide bonds. The Morgan fingerprint density at radius 3 is 2.04 bits per heavy atom. The zero-order chi connectivity index (χ0) is 38.3. The highest BCUT2D eigenvalue weighted by Gasteiger charge is 2.57. The van der Waals surface area contributed by atoms with Crippen molar-refractivity contribution in [2.75, 3.05) is 26.4 Å². The fourth-order valence-corrected chi connectivity index (χ4v) is 5.57. The largest absolute Gasteiger partial charge is 0.477 e. The molecule has 2 heterocycles. The standard InChI is InChI=1S/C25H45N2O22P/c1-8(30)26-10(6-46-50(42,43)44)16(35)21(13(34)5-29)48-23-20(39)19(38)18(37)14(47-23)7-45-25(24(40)41)3-11(32)15(27-9(2)31)22(49-25)17(36)12(33)4-28/h10-23,28-29,32-39H,3-7H2,1-2H3,(H,26,30)(H,27,31)(H,40,41)(H2,42,43,44)/t10-,11-,12+,13+,14+,15+,16+,17+,18-,19-,20+,21+,22+,23-,25+/m0/s1. The summed E-state index contributed by atoms with van der Waals surface area (Å²) in [6.45, 7) is -2.41. The van der Waals surface area contributed by atoms with Gasteiger partial charge in [-0.05, 0) is 0 Å². The number of carboxylic acids is 1. The highest BCUT2D eigenvalue weighted by molar-refractivity contribution is 7.46.